The molecule has 2 saturated heterocycles. The summed E-state index contributed by atoms with van der Waals surface area (Å²) in [5.41, 5.74) is 3.02. The normalized spacial score (nSPS) is 17.7. The third kappa shape index (κ3) is 7.90. The van der Waals surface area contributed by atoms with Crippen LogP contribution in [0, 0.1) is 0 Å². The van der Waals surface area contributed by atoms with Gasteiger partial charge < -0.3 is 10.1 Å². The smallest absolute Gasteiger partial charge is 0.251 e. The number of ether oxygens (including phenoxy) is 1. The van der Waals surface area contributed by atoms with Gasteiger partial charge in [-0.3, -0.25) is 14.6 Å². The number of rotatable bonds is 8. The van der Waals surface area contributed by atoms with Crippen molar-refractivity contribution in [3.05, 3.63) is 98.5 Å². The van der Waals surface area contributed by atoms with E-state index in [2.05, 4.69) is 51.5 Å². The van der Waals surface area contributed by atoms with Crippen molar-refractivity contribution < 1.29 is 9.53 Å². The Labute approximate surface area is 246 Å². The third-order valence-electron chi connectivity index (χ3n) is 7.57. The highest BCUT2D eigenvalue weighted by Gasteiger charge is 2.25. The molecular weight excluding hydrogens is 553 g/mol. The van der Waals surface area contributed by atoms with Crippen molar-refractivity contribution in [2.24, 2.45) is 0 Å². The van der Waals surface area contributed by atoms with E-state index in [4.69, 9.17) is 39.5 Å². The number of hydrogen-bond donors (Lipinski definition) is 1. The van der Waals surface area contributed by atoms with Gasteiger partial charge in [0.2, 0.25) is 0 Å². The van der Waals surface area contributed by atoms with Crippen LogP contribution in [0.15, 0.2) is 66.7 Å². The molecule has 1 N–H and O–H groups in total. The second kappa shape index (κ2) is 13.4. The van der Waals surface area contributed by atoms with Gasteiger partial charge in [0.05, 0.1) is 10.0 Å². The van der Waals surface area contributed by atoms with Crippen LogP contribution in [0.1, 0.15) is 47.2 Å². The molecule has 2 fully saturated rings. The van der Waals surface area contributed by atoms with E-state index in [1.165, 1.54) is 11.1 Å². The van der Waals surface area contributed by atoms with Crippen molar-refractivity contribution in [3.8, 4) is 5.75 Å². The number of amides is 1. The number of carbonyl (C=O) groups excluding carboxylic acids is 1. The molecule has 0 bridgehead atoms. The van der Waals surface area contributed by atoms with Crippen LogP contribution in [-0.4, -0.2) is 54.0 Å². The molecular formula is C31H34Cl3N3O2. The number of nitrogens with one attached hydrogen (secondary N) is 1. The molecule has 5 nitrogen and oxygen atoms in total. The Hall–Kier alpha value is -2.28. The van der Waals surface area contributed by atoms with E-state index in [0.29, 0.717) is 21.4 Å². The summed E-state index contributed by atoms with van der Waals surface area (Å²) >= 11 is 19.1. The van der Waals surface area contributed by atoms with Gasteiger partial charge in [0, 0.05) is 55.9 Å². The fourth-order valence-electron chi connectivity index (χ4n) is 5.35. The SMILES string of the molecule is O=C(NC1CCN(Cc2ccccc2)CC1)c1cc(Cl)c(OC2CCN(Cc3ccc(Cl)cc3)CC2)c(Cl)c1. The zero-order valence-corrected chi connectivity index (χ0v) is 24.2. The first-order valence-electron chi connectivity index (χ1n) is 13.6. The molecule has 2 aliphatic heterocycles. The molecule has 3 aromatic rings. The molecule has 0 atom stereocenters. The number of likely N-dealkylation sites (tertiary alicyclic amines) is 2. The molecule has 1 amide bonds. The Morgan fingerprint density at radius 2 is 1.31 bits per heavy atom. The molecule has 2 aliphatic rings. The maximum absolute atomic E-state index is 13.0. The maximum atomic E-state index is 13.0. The zero-order valence-electron chi connectivity index (χ0n) is 21.9. The minimum Gasteiger partial charge on any atom is -0.487 e. The lowest BCUT2D eigenvalue weighted by atomic mass is 10.0. The Balaban J connectivity index is 1.09. The van der Waals surface area contributed by atoms with E-state index in [0.717, 1.165) is 70.0 Å². The molecule has 0 saturated carbocycles. The Morgan fingerprint density at radius 3 is 1.90 bits per heavy atom. The standard InChI is InChI=1S/C31H34Cl3N3O2/c32-25-8-6-23(7-9-25)21-37-16-12-27(13-17-37)39-30-28(33)18-24(19-29(30)34)31(38)35-26-10-14-36(15-11-26)20-22-4-2-1-3-5-22/h1-9,18-19,26-27H,10-17,20-21H2,(H,35,38). The predicted molar refractivity (Wildman–Crippen MR) is 159 cm³/mol. The summed E-state index contributed by atoms with van der Waals surface area (Å²) in [4.78, 5) is 17.8. The molecule has 8 heteroatoms. The maximum Gasteiger partial charge on any atom is 0.251 e. The second-order valence-corrected chi connectivity index (χ2v) is 11.7. The first-order chi connectivity index (χ1) is 18.9. The van der Waals surface area contributed by atoms with Crippen molar-refractivity contribution >= 4 is 40.7 Å². The van der Waals surface area contributed by atoms with Gasteiger partial charge in [-0.15, -0.1) is 0 Å². The van der Waals surface area contributed by atoms with E-state index in [9.17, 15) is 4.79 Å². The number of hydrogen-bond acceptors (Lipinski definition) is 4. The van der Waals surface area contributed by atoms with Crippen molar-refractivity contribution in [2.45, 2.75) is 50.9 Å². The molecule has 2 heterocycles. The summed E-state index contributed by atoms with van der Waals surface area (Å²) in [5.74, 6) is 0.308. The average molecular weight is 587 g/mol. The van der Waals surface area contributed by atoms with Crippen molar-refractivity contribution in [2.75, 3.05) is 26.2 Å². The third-order valence-corrected chi connectivity index (χ3v) is 8.38. The number of halogens is 3. The van der Waals surface area contributed by atoms with Crippen LogP contribution >= 0.6 is 34.8 Å². The zero-order chi connectivity index (χ0) is 27.2. The average Bonchev–Trinajstić information content (AvgIpc) is 2.94. The molecule has 39 heavy (non-hydrogen) atoms. The van der Waals surface area contributed by atoms with Crippen molar-refractivity contribution in [1.29, 1.82) is 0 Å². The topological polar surface area (TPSA) is 44.8 Å². The van der Waals surface area contributed by atoms with Gasteiger partial charge in [-0.2, -0.15) is 0 Å². The Bertz CT molecular complexity index is 1220. The predicted octanol–water partition coefficient (Wildman–Crippen LogP) is 7.08. The summed E-state index contributed by atoms with van der Waals surface area (Å²) in [6.45, 7) is 5.58. The Morgan fingerprint density at radius 1 is 0.769 bits per heavy atom. The lowest BCUT2D eigenvalue weighted by Crippen LogP contribution is -2.44. The largest absolute Gasteiger partial charge is 0.487 e. The van der Waals surface area contributed by atoms with Crippen LogP contribution in [0.25, 0.3) is 0 Å². The van der Waals surface area contributed by atoms with Crippen molar-refractivity contribution in [3.63, 3.8) is 0 Å². The highest BCUT2D eigenvalue weighted by atomic mass is 35.5. The molecule has 0 radical (unpaired) electrons. The number of piperidine rings is 2. The van der Waals surface area contributed by atoms with Crippen molar-refractivity contribution in [1.82, 2.24) is 15.1 Å². The monoisotopic (exact) mass is 585 g/mol. The Kier molecular flexibility index (Phi) is 9.70. The number of benzene rings is 3. The first kappa shape index (κ1) is 28.3. The number of nitrogens with zero attached hydrogens (tertiary/aromatic N) is 2. The van der Waals surface area contributed by atoms with Crippen LogP contribution in [-0.2, 0) is 13.1 Å². The quantitative estimate of drug-likeness (QED) is 0.306. The molecule has 3 aromatic carbocycles. The molecule has 0 unspecified atom stereocenters. The van der Waals surface area contributed by atoms with E-state index in [1.807, 2.05) is 18.2 Å². The fourth-order valence-corrected chi connectivity index (χ4v) is 6.05. The van der Waals surface area contributed by atoms with Gasteiger partial charge in [-0.1, -0.05) is 77.3 Å². The fraction of sp³-hybridized carbons (Fsp3) is 0.387. The van der Waals surface area contributed by atoms with Gasteiger partial charge in [-0.25, -0.2) is 0 Å². The molecule has 5 rings (SSSR count). The summed E-state index contributed by atoms with van der Waals surface area (Å²) in [6, 6.07) is 21.9. The molecule has 206 valence electrons. The minimum atomic E-state index is -0.151. The summed E-state index contributed by atoms with van der Waals surface area (Å²) < 4.78 is 6.23. The van der Waals surface area contributed by atoms with Gasteiger partial charge in [0.25, 0.3) is 5.91 Å². The van der Waals surface area contributed by atoms with Gasteiger partial charge in [0.15, 0.2) is 5.75 Å². The summed E-state index contributed by atoms with van der Waals surface area (Å²) in [6.07, 6.45) is 3.62. The second-order valence-electron chi connectivity index (χ2n) is 10.5. The van der Waals surface area contributed by atoms with E-state index < -0.39 is 0 Å². The minimum absolute atomic E-state index is 0.0298. The molecule has 0 spiro atoms. The van der Waals surface area contributed by atoms with Gasteiger partial charge in [-0.05, 0) is 61.1 Å². The van der Waals surface area contributed by atoms with Crippen LogP contribution in [0.4, 0.5) is 0 Å². The van der Waals surface area contributed by atoms with Crippen LogP contribution in [0.2, 0.25) is 15.1 Å². The molecule has 0 aliphatic carbocycles. The molecule has 0 aromatic heterocycles. The highest BCUT2D eigenvalue weighted by molar-refractivity contribution is 6.37. The van der Waals surface area contributed by atoms with Gasteiger partial charge in [0.1, 0.15) is 6.10 Å². The van der Waals surface area contributed by atoms with E-state index in [-0.39, 0.29) is 18.1 Å². The first-order valence-corrected chi connectivity index (χ1v) is 14.8. The van der Waals surface area contributed by atoms with E-state index >= 15 is 0 Å². The summed E-state index contributed by atoms with van der Waals surface area (Å²) in [5, 5.41) is 4.66. The lowest BCUT2D eigenvalue weighted by Gasteiger charge is -2.33. The van der Waals surface area contributed by atoms with Crippen LogP contribution in [0.3, 0.4) is 0 Å². The van der Waals surface area contributed by atoms with E-state index in [1.54, 1.807) is 12.1 Å². The highest BCUT2D eigenvalue weighted by Crippen LogP contribution is 2.36. The van der Waals surface area contributed by atoms with Crippen LogP contribution in [0.5, 0.6) is 5.75 Å². The summed E-state index contributed by atoms with van der Waals surface area (Å²) in [7, 11) is 0. The van der Waals surface area contributed by atoms with Gasteiger partial charge >= 0.3 is 0 Å². The lowest BCUT2D eigenvalue weighted by molar-refractivity contribution is 0.0908. The van der Waals surface area contributed by atoms with Crippen LogP contribution < -0.4 is 10.1 Å². The number of carbonyl (C=O) groups is 1.